The Morgan fingerprint density at radius 2 is 2.09 bits per heavy atom. The second-order valence-electron chi connectivity index (χ2n) is 8.71. The minimum atomic E-state index is -1.55. The number of carbonyl (C=O) groups is 3. The van der Waals surface area contributed by atoms with Gasteiger partial charge in [-0.25, -0.2) is 9.79 Å². The molecule has 16 nitrogen and oxygen atoms in total. The summed E-state index contributed by atoms with van der Waals surface area (Å²) in [7, 11) is 0. The Balaban J connectivity index is 1.77. The number of amides is 3. The van der Waals surface area contributed by atoms with E-state index < -0.39 is 73.4 Å². The summed E-state index contributed by atoms with van der Waals surface area (Å²) in [5.74, 6) is -0.828. The van der Waals surface area contributed by atoms with E-state index in [2.05, 4.69) is 26.3 Å². The number of hydrogen-bond donors (Lipinski definition) is 10. The Bertz CT molecular complexity index is 816. The molecular weight excluding hydrogens is 468 g/mol. The van der Waals surface area contributed by atoms with Crippen molar-refractivity contribution in [2.75, 3.05) is 19.7 Å². The fourth-order valence-electron chi connectivity index (χ4n) is 4.30. The molecule has 0 saturated carbocycles. The van der Waals surface area contributed by atoms with E-state index in [4.69, 9.17) is 26.7 Å². The highest BCUT2D eigenvalue weighted by molar-refractivity contribution is 5.92. The van der Waals surface area contributed by atoms with Gasteiger partial charge in [0.05, 0.1) is 18.8 Å². The van der Waals surface area contributed by atoms with E-state index in [1.165, 1.54) is 0 Å². The molecule has 0 aliphatic carbocycles. The summed E-state index contributed by atoms with van der Waals surface area (Å²) >= 11 is 0. The molecule has 13 N–H and O–H groups in total. The third kappa shape index (κ3) is 6.47. The van der Waals surface area contributed by atoms with Crippen molar-refractivity contribution in [3.05, 3.63) is 0 Å². The topological polar surface area (TPSA) is 269 Å². The molecule has 0 spiro atoms. The molecule has 35 heavy (non-hydrogen) atoms. The van der Waals surface area contributed by atoms with Crippen molar-refractivity contribution < 1.29 is 39.2 Å². The fraction of sp³-hybridized carbons (Fsp3) is 0.789. The maximum absolute atomic E-state index is 12.7. The molecular formula is C19H34N8O8. The summed E-state index contributed by atoms with van der Waals surface area (Å²) in [6.45, 7) is -0.171. The van der Waals surface area contributed by atoms with Gasteiger partial charge in [-0.05, 0) is 19.4 Å². The van der Waals surface area contributed by atoms with Gasteiger partial charge in [-0.15, -0.1) is 0 Å². The molecule has 3 amide bonds. The number of nitrogens with two attached hydrogens (primary N) is 3. The second-order valence-corrected chi connectivity index (χ2v) is 8.71. The van der Waals surface area contributed by atoms with Crippen molar-refractivity contribution in [1.82, 2.24) is 21.3 Å². The van der Waals surface area contributed by atoms with Crippen LogP contribution in [0.2, 0.25) is 0 Å². The smallest absolute Gasteiger partial charge is 0.404 e. The molecule has 0 bridgehead atoms. The monoisotopic (exact) mass is 502 g/mol. The van der Waals surface area contributed by atoms with Crippen LogP contribution in [0.3, 0.4) is 0 Å². The standard InChI is InChI=1S/C19H34N8O8/c20-3-1-2-7(21)4-10(30)24-13-14(31)15(35-18(22)33)9(6-28)34-17(13)27-19-25-11-8(29)5-23-16(32)12(11)26-19/h7-9,11-15,17,28-29,31H,1-6,20-21H2,(H2,22,33)(H,23,32)(H,24,30)(H2,25,26,27)/t7?,8?,9-,11?,12?,13-,14+,15+,17-/m1/s1. The summed E-state index contributed by atoms with van der Waals surface area (Å²) in [5, 5.41) is 41.7. The number of ether oxygens (including phenoxy) is 2. The van der Waals surface area contributed by atoms with Crippen LogP contribution in [0.15, 0.2) is 4.99 Å². The average Bonchev–Trinajstić information content (AvgIpc) is 3.24. The van der Waals surface area contributed by atoms with Crippen LogP contribution in [0.5, 0.6) is 0 Å². The Labute approximate surface area is 200 Å². The van der Waals surface area contributed by atoms with E-state index in [-0.39, 0.29) is 24.8 Å². The summed E-state index contributed by atoms with van der Waals surface area (Å²) in [5.41, 5.74) is 16.5. The van der Waals surface area contributed by atoms with Crippen LogP contribution in [0.4, 0.5) is 4.79 Å². The van der Waals surface area contributed by atoms with Gasteiger partial charge in [-0.1, -0.05) is 0 Å². The van der Waals surface area contributed by atoms with Crippen LogP contribution in [-0.4, -0.2) is 114 Å². The molecule has 0 aromatic carbocycles. The molecule has 2 saturated heterocycles. The van der Waals surface area contributed by atoms with Gasteiger partial charge in [0.15, 0.2) is 24.3 Å². The molecule has 3 rings (SSSR count). The highest BCUT2D eigenvalue weighted by atomic mass is 16.6. The lowest BCUT2D eigenvalue weighted by Crippen LogP contribution is -2.70. The van der Waals surface area contributed by atoms with Gasteiger partial charge in [0.25, 0.3) is 0 Å². The number of aliphatic hydroxyl groups excluding tert-OH is 3. The maximum Gasteiger partial charge on any atom is 0.404 e. The van der Waals surface area contributed by atoms with Gasteiger partial charge in [0.2, 0.25) is 11.8 Å². The van der Waals surface area contributed by atoms with Gasteiger partial charge >= 0.3 is 6.09 Å². The van der Waals surface area contributed by atoms with Crippen LogP contribution in [0.1, 0.15) is 19.3 Å². The summed E-state index contributed by atoms with van der Waals surface area (Å²) in [4.78, 5) is 40.3. The number of rotatable bonds is 9. The Kier molecular flexibility index (Phi) is 9.03. The lowest BCUT2D eigenvalue weighted by molar-refractivity contribution is -0.198. The van der Waals surface area contributed by atoms with Gasteiger partial charge in [0, 0.05) is 19.0 Å². The first kappa shape index (κ1) is 26.8. The van der Waals surface area contributed by atoms with E-state index in [1.54, 1.807) is 0 Å². The number of carbonyl (C=O) groups excluding carboxylic acids is 3. The Morgan fingerprint density at radius 3 is 2.71 bits per heavy atom. The van der Waals surface area contributed by atoms with Crippen LogP contribution < -0.4 is 38.5 Å². The SMILES string of the molecule is NCCCC(N)CC(=O)N[C@@H]1[C@H](O)[C@@H](OC(N)=O)[C@@H](CO)O[C@H]1NC1=NC2C(=O)NCC(O)C2N1. The number of aliphatic hydroxyl groups is 3. The quantitative estimate of drug-likeness (QED) is 0.141. The van der Waals surface area contributed by atoms with Gasteiger partial charge in [-0.2, -0.15) is 0 Å². The highest BCUT2D eigenvalue weighted by Gasteiger charge is 2.49. The molecule has 16 heteroatoms. The first-order valence-corrected chi connectivity index (χ1v) is 11.4. The van der Waals surface area contributed by atoms with Crippen LogP contribution in [0, 0.1) is 0 Å². The number of nitrogens with one attached hydrogen (secondary N) is 4. The van der Waals surface area contributed by atoms with Crippen LogP contribution in [-0.2, 0) is 19.1 Å². The number of primary amides is 1. The molecule has 3 heterocycles. The number of β-amino-alcohol motifs (C(OH)–C–C–N with tert-alkyl or cyclic N) is 1. The van der Waals surface area contributed by atoms with E-state index in [0.717, 1.165) is 0 Å². The summed E-state index contributed by atoms with van der Waals surface area (Å²) in [6, 6.07) is -3.27. The van der Waals surface area contributed by atoms with E-state index in [0.29, 0.717) is 19.4 Å². The Morgan fingerprint density at radius 1 is 1.34 bits per heavy atom. The third-order valence-corrected chi connectivity index (χ3v) is 6.06. The molecule has 4 unspecified atom stereocenters. The second kappa shape index (κ2) is 11.8. The van der Waals surface area contributed by atoms with Crippen molar-refractivity contribution in [3.63, 3.8) is 0 Å². The molecule has 2 fully saturated rings. The molecule has 0 aromatic heterocycles. The molecule has 3 aliphatic heterocycles. The van der Waals surface area contributed by atoms with Crippen molar-refractivity contribution in [2.45, 2.75) is 74.1 Å². The van der Waals surface area contributed by atoms with Crippen molar-refractivity contribution in [3.8, 4) is 0 Å². The zero-order valence-electron chi connectivity index (χ0n) is 19.0. The van der Waals surface area contributed by atoms with E-state index >= 15 is 0 Å². The maximum atomic E-state index is 12.7. The molecule has 0 aromatic rings. The van der Waals surface area contributed by atoms with Crippen molar-refractivity contribution in [1.29, 1.82) is 0 Å². The largest absolute Gasteiger partial charge is 0.441 e. The highest BCUT2D eigenvalue weighted by Crippen LogP contribution is 2.24. The van der Waals surface area contributed by atoms with Crippen molar-refractivity contribution in [2.24, 2.45) is 22.2 Å². The summed E-state index contributed by atoms with van der Waals surface area (Å²) in [6.07, 6.45) is -6.36. The fourth-order valence-corrected chi connectivity index (χ4v) is 4.30. The van der Waals surface area contributed by atoms with E-state index in [1.807, 2.05) is 0 Å². The molecule has 3 aliphatic rings. The van der Waals surface area contributed by atoms with Gasteiger partial charge in [-0.3, -0.25) is 9.59 Å². The molecule has 0 radical (unpaired) electrons. The van der Waals surface area contributed by atoms with Gasteiger partial charge < -0.3 is 63.3 Å². The first-order chi connectivity index (χ1) is 16.6. The first-order valence-electron chi connectivity index (χ1n) is 11.4. The lowest BCUT2D eigenvalue weighted by Gasteiger charge is -2.44. The number of piperidine rings is 1. The average molecular weight is 503 g/mol. The predicted molar refractivity (Wildman–Crippen MR) is 119 cm³/mol. The zero-order chi connectivity index (χ0) is 25.7. The number of hydrogen-bond acceptors (Lipinski definition) is 13. The van der Waals surface area contributed by atoms with Crippen LogP contribution in [0.25, 0.3) is 0 Å². The van der Waals surface area contributed by atoms with Crippen LogP contribution >= 0.6 is 0 Å². The minimum absolute atomic E-state index is 0.0518. The Hall–Kier alpha value is -2.76. The minimum Gasteiger partial charge on any atom is -0.441 e. The number of guanidine groups is 1. The normalized spacial score (nSPS) is 35.1. The number of aliphatic imine (C=N–C) groups is 1. The lowest BCUT2D eigenvalue weighted by atomic mass is 9.95. The third-order valence-electron chi connectivity index (χ3n) is 6.06. The zero-order valence-corrected chi connectivity index (χ0v) is 19.0. The van der Waals surface area contributed by atoms with Crippen molar-refractivity contribution >= 4 is 23.9 Å². The number of nitrogens with zero attached hydrogens (tertiary/aromatic N) is 1. The summed E-state index contributed by atoms with van der Waals surface area (Å²) < 4.78 is 10.7. The van der Waals surface area contributed by atoms with E-state index in [9.17, 15) is 29.7 Å². The molecule has 9 atom stereocenters. The predicted octanol–water partition coefficient (Wildman–Crippen LogP) is -5.75. The molecule has 198 valence electrons. The number of fused-ring (bicyclic) bond motifs is 1. The van der Waals surface area contributed by atoms with Gasteiger partial charge in [0.1, 0.15) is 18.2 Å².